The number of cyclic esters (lactones) is 1. The highest BCUT2D eigenvalue weighted by molar-refractivity contribution is 6.33. The van der Waals surface area contributed by atoms with E-state index >= 15 is 0 Å². The lowest BCUT2D eigenvalue weighted by molar-refractivity contribution is -0.139. The summed E-state index contributed by atoms with van der Waals surface area (Å²) < 4.78 is 5.12. The van der Waals surface area contributed by atoms with Crippen molar-refractivity contribution >= 4 is 35.1 Å². The molecule has 5 rings (SSSR count). The predicted molar refractivity (Wildman–Crippen MR) is 121 cm³/mol. The van der Waals surface area contributed by atoms with Crippen LogP contribution in [-0.4, -0.2) is 71.9 Å². The second-order valence-electron chi connectivity index (χ2n) is 9.63. The standard InChI is InChI=1S/C23H31ClN4O4/c24-19-13-17(28-10-2-12-32-22(28)31)14-25-20(19)26-9-1-7-23(15-26)8-11-27(21(23)30)16-3-5-18(29)6-4-16/h13-14,16,18,29H,1-12,15H2/t16?,18?,23-/m1/s1. The number of nitrogens with zero attached hydrogens (tertiary/aromatic N) is 4. The maximum Gasteiger partial charge on any atom is 0.414 e. The van der Waals surface area contributed by atoms with Crippen LogP contribution in [0.1, 0.15) is 51.4 Å². The summed E-state index contributed by atoms with van der Waals surface area (Å²) in [5, 5.41) is 10.3. The van der Waals surface area contributed by atoms with Crippen LogP contribution in [0.4, 0.5) is 16.3 Å². The highest BCUT2D eigenvalue weighted by atomic mass is 35.5. The highest BCUT2D eigenvalue weighted by Crippen LogP contribution is 2.44. The van der Waals surface area contributed by atoms with Crippen molar-refractivity contribution in [3.63, 3.8) is 0 Å². The van der Waals surface area contributed by atoms with Gasteiger partial charge in [0, 0.05) is 32.2 Å². The summed E-state index contributed by atoms with van der Waals surface area (Å²) in [5.41, 5.74) is 0.257. The molecule has 1 spiro atoms. The lowest BCUT2D eigenvalue weighted by Crippen LogP contribution is -2.50. The van der Waals surface area contributed by atoms with Crippen LogP contribution in [0.25, 0.3) is 0 Å². The molecular formula is C23H31ClN4O4. The largest absolute Gasteiger partial charge is 0.449 e. The predicted octanol–water partition coefficient (Wildman–Crippen LogP) is 3.20. The molecule has 0 radical (unpaired) electrons. The van der Waals surface area contributed by atoms with Crippen molar-refractivity contribution in [1.29, 1.82) is 0 Å². The van der Waals surface area contributed by atoms with Crippen molar-refractivity contribution in [2.45, 2.75) is 63.5 Å². The summed E-state index contributed by atoms with van der Waals surface area (Å²) in [6.45, 7) is 3.26. The minimum absolute atomic E-state index is 0.217. The van der Waals surface area contributed by atoms with Crippen LogP contribution >= 0.6 is 11.6 Å². The number of hydrogen-bond acceptors (Lipinski definition) is 6. The number of anilines is 2. The SMILES string of the molecule is O=C1OCCCN1c1cnc(N2CCC[C@@]3(CCN(C4CCC(O)CC4)C3=O)C2)c(Cl)c1. The molecule has 8 nitrogen and oxygen atoms in total. The summed E-state index contributed by atoms with van der Waals surface area (Å²) in [6, 6.07) is 2.03. The van der Waals surface area contributed by atoms with Crippen molar-refractivity contribution in [2.75, 3.05) is 42.6 Å². The Morgan fingerprint density at radius 1 is 1.09 bits per heavy atom. The second-order valence-corrected chi connectivity index (χ2v) is 10.0. The Morgan fingerprint density at radius 2 is 1.91 bits per heavy atom. The number of aliphatic hydroxyl groups excluding tert-OH is 1. The van der Waals surface area contributed by atoms with Crippen LogP contribution in [0.5, 0.6) is 0 Å². The number of carbonyl (C=O) groups is 2. The molecule has 3 saturated heterocycles. The second kappa shape index (κ2) is 8.71. The van der Waals surface area contributed by atoms with Gasteiger partial charge in [0.2, 0.25) is 5.91 Å². The number of pyridine rings is 1. The summed E-state index contributed by atoms with van der Waals surface area (Å²) in [5.74, 6) is 0.930. The maximum atomic E-state index is 13.5. The molecule has 4 heterocycles. The number of aromatic nitrogens is 1. The molecule has 0 aromatic carbocycles. The van der Waals surface area contributed by atoms with Crippen molar-refractivity contribution in [2.24, 2.45) is 5.41 Å². The fraction of sp³-hybridized carbons (Fsp3) is 0.696. The van der Waals surface area contributed by atoms with Gasteiger partial charge in [0.25, 0.3) is 0 Å². The topological polar surface area (TPSA) is 86.2 Å². The Labute approximate surface area is 193 Å². The first-order valence-corrected chi connectivity index (χ1v) is 12.2. The van der Waals surface area contributed by atoms with Crippen molar-refractivity contribution in [3.8, 4) is 0 Å². The van der Waals surface area contributed by atoms with Gasteiger partial charge in [-0.15, -0.1) is 0 Å². The summed E-state index contributed by atoms with van der Waals surface area (Å²) in [7, 11) is 0. The molecule has 32 heavy (non-hydrogen) atoms. The molecule has 9 heteroatoms. The van der Waals surface area contributed by atoms with Gasteiger partial charge in [0.05, 0.1) is 35.0 Å². The lowest BCUT2D eigenvalue weighted by atomic mass is 9.78. The van der Waals surface area contributed by atoms with E-state index in [1.54, 1.807) is 17.2 Å². The Bertz CT molecular complexity index is 891. The third-order valence-corrected chi connectivity index (χ3v) is 7.90. The van der Waals surface area contributed by atoms with Gasteiger partial charge in [-0.3, -0.25) is 9.69 Å². The van der Waals surface area contributed by atoms with Gasteiger partial charge in [0.1, 0.15) is 5.82 Å². The summed E-state index contributed by atoms with van der Waals surface area (Å²) >= 11 is 6.62. The molecule has 0 bridgehead atoms. The number of amides is 2. The molecule has 1 saturated carbocycles. The number of rotatable bonds is 3. The van der Waals surface area contributed by atoms with E-state index < -0.39 is 0 Å². The van der Waals surface area contributed by atoms with E-state index in [1.807, 2.05) is 0 Å². The first-order chi connectivity index (χ1) is 15.5. The number of hydrogen-bond donors (Lipinski definition) is 1. The zero-order valence-corrected chi connectivity index (χ0v) is 19.1. The molecule has 1 aliphatic carbocycles. The molecule has 1 aromatic rings. The molecule has 1 N–H and O–H groups in total. The molecule has 1 aromatic heterocycles. The minimum atomic E-state index is -0.380. The van der Waals surface area contributed by atoms with E-state index in [1.165, 1.54) is 0 Å². The number of halogens is 1. The molecule has 0 unspecified atom stereocenters. The van der Waals surface area contributed by atoms with E-state index in [0.717, 1.165) is 64.5 Å². The zero-order chi connectivity index (χ0) is 22.3. The first kappa shape index (κ1) is 21.8. The average Bonchev–Trinajstić information content (AvgIpc) is 3.10. The van der Waals surface area contributed by atoms with Crippen LogP contribution in [0.15, 0.2) is 12.3 Å². The van der Waals surface area contributed by atoms with E-state index in [9.17, 15) is 14.7 Å². The number of aliphatic hydroxyl groups is 1. The zero-order valence-electron chi connectivity index (χ0n) is 18.3. The monoisotopic (exact) mass is 462 g/mol. The van der Waals surface area contributed by atoms with Gasteiger partial charge in [-0.2, -0.15) is 0 Å². The Balaban J connectivity index is 1.31. The molecule has 2 amide bonds. The molecule has 4 fully saturated rings. The number of ether oxygens (including phenoxy) is 1. The molecule has 3 aliphatic heterocycles. The Hall–Kier alpha value is -2.06. The average molecular weight is 463 g/mol. The van der Waals surface area contributed by atoms with Gasteiger partial charge in [0.15, 0.2) is 0 Å². The van der Waals surface area contributed by atoms with Crippen LogP contribution < -0.4 is 9.80 Å². The molecule has 174 valence electrons. The van der Waals surface area contributed by atoms with Gasteiger partial charge >= 0.3 is 6.09 Å². The Kier molecular flexibility index (Phi) is 5.92. The van der Waals surface area contributed by atoms with E-state index in [0.29, 0.717) is 36.2 Å². The van der Waals surface area contributed by atoms with Gasteiger partial charge in [-0.25, -0.2) is 9.78 Å². The maximum absolute atomic E-state index is 13.5. The smallest absolute Gasteiger partial charge is 0.414 e. The third-order valence-electron chi connectivity index (χ3n) is 7.62. The summed E-state index contributed by atoms with van der Waals surface area (Å²) in [6.07, 6.45) is 7.87. The summed E-state index contributed by atoms with van der Waals surface area (Å²) in [4.78, 5) is 36.0. The van der Waals surface area contributed by atoms with Crippen molar-refractivity contribution < 1.29 is 19.4 Å². The Morgan fingerprint density at radius 3 is 2.66 bits per heavy atom. The van der Waals surface area contributed by atoms with E-state index in [-0.39, 0.29) is 29.6 Å². The van der Waals surface area contributed by atoms with Gasteiger partial charge < -0.3 is 19.6 Å². The van der Waals surface area contributed by atoms with Gasteiger partial charge in [-0.05, 0) is 57.4 Å². The number of carbonyl (C=O) groups excluding carboxylic acids is 2. The van der Waals surface area contributed by atoms with E-state index in [4.69, 9.17) is 16.3 Å². The quantitative estimate of drug-likeness (QED) is 0.742. The fourth-order valence-electron chi connectivity index (χ4n) is 5.84. The number of piperidine rings is 1. The van der Waals surface area contributed by atoms with Crippen LogP contribution in [-0.2, 0) is 9.53 Å². The van der Waals surface area contributed by atoms with Crippen molar-refractivity contribution in [3.05, 3.63) is 17.3 Å². The molecule has 1 atom stereocenters. The van der Waals surface area contributed by atoms with Crippen LogP contribution in [0.2, 0.25) is 5.02 Å². The van der Waals surface area contributed by atoms with E-state index in [2.05, 4.69) is 14.8 Å². The third kappa shape index (κ3) is 3.92. The normalized spacial score (nSPS) is 31.4. The minimum Gasteiger partial charge on any atom is -0.449 e. The lowest BCUT2D eigenvalue weighted by Gasteiger charge is -2.41. The number of likely N-dealkylation sites (tertiary alicyclic amines) is 1. The van der Waals surface area contributed by atoms with Crippen LogP contribution in [0.3, 0.4) is 0 Å². The van der Waals surface area contributed by atoms with Gasteiger partial charge in [-0.1, -0.05) is 11.6 Å². The van der Waals surface area contributed by atoms with Crippen molar-refractivity contribution in [1.82, 2.24) is 9.88 Å². The molecular weight excluding hydrogens is 432 g/mol. The fourth-order valence-corrected chi connectivity index (χ4v) is 6.12. The highest BCUT2D eigenvalue weighted by Gasteiger charge is 2.51. The first-order valence-electron chi connectivity index (χ1n) is 11.8. The van der Waals surface area contributed by atoms with Crippen LogP contribution in [0, 0.1) is 5.41 Å². The molecule has 4 aliphatic rings.